The van der Waals surface area contributed by atoms with E-state index in [4.69, 9.17) is 0 Å². The molecule has 0 amide bonds. The first-order valence-corrected chi connectivity index (χ1v) is 21.8. The van der Waals surface area contributed by atoms with Gasteiger partial charge in [-0.2, -0.15) is 0 Å². The van der Waals surface area contributed by atoms with Gasteiger partial charge in [0.25, 0.3) is 0 Å². The zero-order chi connectivity index (χ0) is 42.3. The van der Waals surface area contributed by atoms with Gasteiger partial charge in [0.15, 0.2) is 0 Å². The van der Waals surface area contributed by atoms with Crippen LogP contribution in [0.2, 0.25) is 0 Å². The molecule has 10 aromatic carbocycles. The Hall–Kier alpha value is -7.94. The summed E-state index contributed by atoms with van der Waals surface area (Å²) in [6, 6.07) is 88.2. The molecule has 11 rings (SSSR count). The highest BCUT2D eigenvalue weighted by molar-refractivity contribution is 5.99. The highest BCUT2D eigenvalue weighted by Gasteiger charge is 2.37. The maximum Gasteiger partial charge on any atom is 0.0540 e. The Morgan fingerprint density at radius 1 is 0.286 bits per heavy atom. The quantitative estimate of drug-likeness (QED) is 0.143. The molecular weight excluding hydrogens is 761 g/mol. The number of fused-ring (bicyclic) bond motifs is 4. The minimum Gasteiger partial charge on any atom is -0.310 e. The van der Waals surface area contributed by atoms with Crippen molar-refractivity contribution < 1.29 is 0 Å². The topological polar surface area (TPSA) is 6.48 Å². The zero-order valence-corrected chi connectivity index (χ0v) is 35.5. The van der Waals surface area contributed by atoms with Crippen LogP contribution >= 0.6 is 0 Å². The lowest BCUT2D eigenvalue weighted by Crippen LogP contribution is -2.17. The van der Waals surface area contributed by atoms with Crippen LogP contribution in [0.25, 0.3) is 55.3 Å². The normalized spacial score (nSPS) is 12.4. The Morgan fingerprint density at radius 2 is 0.651 bits per heavy atom. The monoisotopic (exact) mass is 806 g/mol. The van der Waals surface area contributed by atoms with Crippen molar-refractivity contribution in [3.05, 3.63) is 254 Å². The molecule has 0 aromatic heterocycles. The summed E-state index contributed by atoms with van der Waals surface area (Å²) >= 11 is 0. The molecule has 0 aliphatic heterocycles. The van der Waals surface area contributed by atoms with E-state index < -0.39 is 0 Å². The van der Waals surface area contributed by atoms with Gasteiger partial charge in [-0.05, 0) is 128 Å². The van der Waals surface area contributed by atoms with E-state index in [0.29, 0.717) is 0 Å². The first-order chi connectivity index (χ1) is 31.0. The standard InChI is InChI=1S/C61H46N2/c1-61(2)58-41-53(37-39-56(58)57-40-38-54(42-59(57)61)63(50-21-10-5-11-22-50)60-24-14-20-49-19-12-13-23-55(49)60)62(51-33-29-47(30-34-51)44-17-8-4-9-18-44)52-35-31-48(32-36-52)46-27-25-45(26-28-46)43-15-6-3-7-16-43/h3-42H,1-2H3. The number of rotatable bonds is 9. The number of benzene rings is 10. The lowest BCUT2D eigenvalue weighted by atomic mass is 9.82. The van der Waals surface area contributed by atoms with Crippen LogP contribution in [-0.4, -0.2) is 0 Å². The van der Waals surface area contributed by atoms with E-state index in [2.05, 4.69) is 266 Å². The van der Waals surface area contributed by atoms with Crippen LogP contribution in [0.3, 0.4) is 0 Å². The van der Waals surface area contributed by atoms with Crippen molar-refractivity contribution in [3.63, 3.8) is 0 Å². The molecular formula is C61H46N2. The highest BCUT2D eigenvalue weighted by atomic mass is 15.1. The molecule has 1 aliphatic carbocycles. The van der Waals surface area contributed by atoms with Gasteiger partial charge in [-0.3, -0.25) is 0 Å². The molecule has 2 heteroatoms. The smallest absolute Gasteiger partial charge is 0.0540 e. The van der Waals surface area contributed by atoms with Crippen LogP contribution < -0.4 is 9.80 Å². The van der Waals surface area contributed by atoms with Crippen molar-refractivity contribution >= 4 is 44.9 Å². The first kappa shape index (κ1) is 38.0. The minimum atomic E-state index is -0.254. The highest BCUT2D eigenvalue weighted by Crippen LogP contribution is 2.53. The predicted octanol–water partition coefficient (Wildman–Crippen LogP) is 17.1. The molecule has 1 aliphatic rings. The summed E-state index contributed by atoms with van der Waals surface area (Å²) in [5.41, 5.74) is 19.0. The van der Waals surface area contributed by atoms with Crippen molar-refractivity contribution in [1.82, 2.24) is 0 Å². The third-order valence-electron chi connectivity index (χ3n) is 12.9. The van der Waals surface area contributed by atoms with Crippen LogP contribution in [-0.2, 0) is 5.41 Å². The van der Waals surface area contributed by atoms with Gasteiger partial charge >= 0.3 is 0 Å². The molecule has 0 radical (unpaired) electrons. The largest absolute Gasteiger partial charge is 0.310 e. The average molecular weight is 807 g/mol. The number of nitrogens with zero attached hydrogens (tertiary/aromatic N) is 2. The van der Waals surface area contributed by atoms with Gasteiger partial charge in [-0.1, -0.05) is 190 Å². The van der Waals surface area contributed by atoms with Crippen molar-refractivity contribution in [3.8, 4) is 44.5 Å². The lowest BCUT2D eigenvalue weighted by Gasteiger charge is -2.29. The molecule has 0 bridgehead atoms. The lowest BCUT2D eigenvalue weighted by molar-refractivity contribution is 0.660. The Labute approximate surface area is 370 Å². The van der Waals surface area contributed by atoms with Crippen molar-refractivity contribution in [1.29, 1.82) is 0 Å². The number of hydrogen-bond donors (Lipinski definition) is 0. The van der Waals surface area contributed by atoms with Crippen LogP contribution in [0.4, 0.5) is 34.1 Å². The summed E-state index contributed by atoms with van der Waals surface area (Å²) in [7, 11) is 0. The fraction of sp³-hybridized carbons (Fsp3) is 0.0492. The van der Waals surface area contributed by atoms with Gasteiger partial charge in [-0.15, -0.1) is 0 Å². The third kappa shape index (κ3) is 6.96. The van der Waals surface area contributed by atoms with E-state index in [1.54, 1.807) is 0 Å². The molecule has 0 heterocycles. The van der Waals surface area contributed by atoms with Crippen LogP contribution in [0.5, 0.6) is 0 Å². The molecule has 63 heavy (non-hydrogen) atoms. The maximum absolute atomic E-state index is 2.43. The third-order valence-corrected chi connectivity index (χ3v) is 12.9. The van der Waals surface area contributed by atoms with Crippen LogP contribution in [0.15, 0.2) is 243 Å². The molecule has 300 valence electrons. The van der Waals surface area contributed by atoms with Gasteiger partial charge in [0.1, 0.15) is 0 Å². The Kier molecular flexibility index (Phi) is 9.55. The van der Waals surface area contributed by atoms with Crippen molar-refractivity contribution in [2.75, 3.05) is 9.80 Å². The van der Waals surface area contributed by atoms with Crippen molar-refractivity contribution in [2.24, 2.45) is 0 Å². The Morgan fingerprint density at radius 3 is 1.16 bits per heavy atom. The number of hydrogen-bond acceptors (Lipinski definition) is 2. The van der Waals surface area contributed by atoms with E-state index >= 15 is 0 Å². The molecule has 2 nitrogen and oxygen atoms in total. The molecule has 10 aromatic rings. The molecule has 0 spiro atoms. The second kappa shape index (κ2) is 15.8. The Bertz CT molecular complexity index is 3200. The van der Waals surface area contributed by atoms with Gasteiger partial charge in [0.2, 0.25) is 0 Å². The molecule has 0 saturated carbocycles. The molecule has 0 saturated heterocycles. The number of para-hydroxylation sites is 1. The van der Waals surface area contributed by atoms with Gasteiger partial charge < -0.3 is 9.80 Å². The molecule has 0 N–H and O–H groups in total. The fourth-order valence-electron chi connectivity index (χ4n) is 9.57. The summed E-state index contributed by atoms with van der Waals surface area (Å²) < 4.78 is 0. The summed E-state index contributed by atoms with van der Waals surface area (Å²) in [6.07, 6.45) is 0. The summed E-state index contributed by atoms with van der Waals surface area (Å²) in [6.45, 7) is 4.76. The van der Waals surface area contributed by atoms with Gasteiger partial charge in [0.05, 0.1) is 5.69 Å². The van der Waals surface area contributed by atoms with Gasteiger partial charge in [-0.25, -0.2) is 0 Å². The summed E-state index contributed by atoms with van der Waals surface area (Å²) in [5, 5.41) is 2.45. The maximum atomic E-state index is 2.43. The van der Waals surface area contributed by atoms with Crippen LogP contribution in [0.1, 0.15) is 25.0 Å². The number of anilines is 6. The minimum absolute atomic E-state index is 0.254. The van der Waals surface area contributed by atoms with E-state index in [1.165, 1.54) is 72.1 Å². The van der Waals surface area contributed by atoms with Gasteiger partial charge in [0, 0.05) is 39.2 Å². The van der Waals surface area contributed by atoms with E-state index in [9.17, 15) is 0 Å². The molecule has 0 atom stereocenters. The average Bonchev–Trinajstić information content (AvgIpc) is 3.57. The van der Waals surface area contributed by atoms with Crippen molar-refractivity contribution in [2.45, 2.75) is 19.3 Å². The zero-order valence-electron chi connectivity index (χ0n) is 35.5. The molecule has 0 unspecified atom stereocenters. The molecule has 0 fully saturated rings. The second-order valence-corrected chi connectivity index (χ2v) is 17.0. The SMILES string of the molecule is CC1(C)c2cc(N(c3ccc(-c4ccccc4)cc3)c3ccc(-c4ccc(-c5ccccc5)cc4)cc3)ccc2-c2ccc(N(c3ccccc3)c3cccc4ccccc34)cc21. The fourth-order valence-corrected chi connectivity index (χ4v) is 9.57. The van der Waals surface area contributed by atoms with E-state index in [1.807, 2.05) is 0 Å². The Balaban J connectivity index is 0.979. The summed E-state index contributed by atoms with van der Waals surface area (Å²) in [4.78, 5) is 4.81. The predicted molar refractivity (Wildman–Crippen MR) is 267 cm³/mol. The van der Waals surface area contributed by atoms with Crippen LogP contribution in [0, 0.1) is 0 Å². The van der Waals surface area contributed by atoms with E-state index in [0.717, 1.165) is 28.4 Å². The summed E-state index contributed by atoms with van der Waals surface area (Å²) in [5.74, 6) is 0. The first-order valence-electron chi connectivity index (χ1n) is 21.8. The van der Waals surface area contributed by atoms with E-state index in [-0.39, 0.29) is 5.41 Å². The second-order valence-electron chi connectivity index (χ2n) is 17.0.